The molecule has 0 aromatic heterocycles. The molecule has 1 aromatic carbocycles. The highest BCUT2D eigenvalue weighted by atomic mass is 19.2. The van der Waals surface area contributed by atoms with E-state index in [0.717, 1.165) is 0 Å². The lowest BCUT2D eigenvalue weighted by atomic mass is 10.2. The Morgan fingerprint density at radius 2 is 1.31 bits per heavy atom. The molecule has 0 fully saturated rings. The Kier molecular flexibility index (Phi) is 3.66. The van der Waals surface area contributed by atoms with Crippen LogP contribution in [0.1, 0.15) is 6.42 Å². The standard InChI is InChI=1S/C9H5F5N2/c10-4-5(11)7(13)9(8(14)6(4)12)16-3-1-2-15/h16H,1,3H2. The van der Waals surface area contributed by atoms with Crippen LogP contribution in [0.3, 0.4) is 0 Å². The molecule has 0 radical (unpaired) electrons. The smallest absolute Gasteiger partial charge is 0.200 e. The van der Waals surface area contributed by atoms with E-state index in [-0.39, 0.29) is 13.0 Å². The Morgan fingerprint density at radius 3 is 1.75 bits per heavy atom. The van der Waals surface area contributed by atoms with Gasteiger partial charge in [-0.1, -0.05) is 0 Å². The zero-order valence-corrected chi connectivity index (χ0v) is 7.75. The summed E-state index contributed by atoms with van der Waals surface area (Å²) in [5, 5.41) is 10.1. The monoisotopic (exact) mass is 236 g/mol. The fourth-order valence-electron chi connectivity index (χ4n) is 1.00. The predicted octanol–water partition coefficient (Wildman–Crippen LogP) is 2.71. The van der Waals surface area contributed by atoms with E-state index in [1.54, 1.807) is 6.07 Å². The summed E-state index contributed by atoms with van der Waals surface area (Å²) in [6.45, 7) is -0.213. The number of rotatable bonds is 3. The summed E-state index contributed by atoms with van der Waals surface area (Å²) in [7, 11) is 0. The quantitative estimate of drug-likeness (QED) is 0.379. The molecule has 0 saturated carbocycles. The van der Waals surface area contributed by atoms with Gasteiger partial charge in [0, 0.05) is 6.54 Å². The number of nitrogens with one attached hydrogen (secondary N) is 1. The first kappa shape index (κ1) is 12.2. The van der Waals surface area contributed by atoms with Crippen molar-refractivity contribution in [1.82, 2.24) is 0 Å². The van der Waals surface area contributed by atoms with Crippen LogP contribution in [-0.2, 0) is 0 Å². The molecule has 0 saturated heterocycles. The van der Waals surface area contributed by atoms with Gasteiger partial charge in [-0.15, -0.1) is 0 Å². The second-order valence-corrected chi connectivity index (χ2v) is 2.78. The van der Waals surface area contributed by atoms with Gasteiger partial charge in [-0.3, -0.25) is 0 Å². The van der Waals surface area contributed by atoms with Crippen LogP contribution >= 0.6 is 0 Å². The molecule has 0 atom stereocenters. The van der Waals surface area contributed by atoms with Gasteiger partial charge in [-0.05, 0) is 0 Å². The predicted molar refractivity (Wildman–Crippen MR) is 45.0 cm³/mol. The topological polar surface area (TPSA) is 35.8 Å². The molecule has 0 amide bonds. The van der Waals surface area contributed by atoms with Crippen molar-refractivity contribution in [2.75, 3.05) is 11.9 Å². The molecule has 7 heteroatoms. The van der Waals surface area contributed by atoms with Gasteiger partial charge in [0.1, 0.15) is 5.69 Å². The highest BCUT2D eigenvalue weighted by Crippen LogP contribution is 2.26. The van der Waals surface area contributed by atoms with Crippen LogP contribution in [0.5, 0.6) is 0 Å². The third-order valence-corrected chi connectivity index (χ3v) is 1.75. The largest absolute Gasteiger partial charge is 0.379 e. The fourth-order valence-corrected chi connectivity index (χ4v) is 1.00. The Hall–Kier alpha value is -1.84. The molecule has 0 spiro atoms. The molecule has 2 nitrogen and oxygen atoms in total. The van der Waals surface area contributed by atoms with Crippen LogP contribution in [0.15, 0.2) is 0 Å². The molecule has 86 valence electrons. The Labute approximate surface area is 87.3 Å². The van der Waals surface area contributed by atoms with Crippen molar-refractivity contribution in [2.45, 2.75) is 6.42 Å². The van der Waals surface area contributed by atoms with Crippen molar-refractivity contribution in [1.29, 1.82) is 5.26 Å². The summed E-state index contributed by atoms with van der Waals surface area (Å²) in [4.78, 5) is 0. The van der Waals surface area contributed by atoms with E-state index in [4.69, 9.17) is 5.26 Å². The first-order valence-corrected chi connectivity index (χ1v) is 4.13. The molecule has 16 heavy (non-hydrogen) atoms. The van der Waals surface area contributed by atoms with E-state index >= 15 is 0 Å². The molecular formula is C9H5F5N2. The second kappa shape index (κ2) is 4.79. The number of anilines is 1. The Balaban J connectivity index is 3.14. The lowest BCUT2D eigenvalue weighted by Crippen LogP contribution is -2.10. The number of hydrogen-bond acceptors (Lipinski definition) is 2. The molecule has 0 aliphatic carbocycles. The summed E-state index contributed by atoms with van der Waals surface area (Å²) >= 11 is 0. The summed E-state index contributed by atoms with van der Waals surface area (Å²) in [6.07, 6.45) is -0.126. The van der Waals surface area contributed by atoms with Gasteiger partial charge in [0.25, 0.3) is 0 Å². The van der Waals surface area contributed by atoms with Crippen molar-refractivity contribution in [2.24, 2.45) is 0 Å². The molecule has 1 N–H and O–H groups in total. The summed E-state index contributed by atoms with van der Waals surface area (Å²) in [5.74, 6) is -10.1. The maximum Gasteiger partial charge on any atom is 0.200 e. The zero-order valence-electron chi connectivity index (χ0n) is 7.75. The summed E-state index contributed by atoms with van der Waals surface area (Å²) in [5.41, 5.74) is -1.12. The van der Waals surface area contributed by atoms with Crippen molar-refractivity contribution in [3.63, 3.8) is 0 Å². The number of nitriles is 1. The van der Waals surface area contributed by atoms with Gasteiger partial charge in [-0.25, -0.2) is 22.0 Å². The normalized spacial score (nSPS) is 10.0. The maximum atomic E-state index is 13.0. The lowest BCUT2D eigenvalue weighted by Gasteiger charge is -2.09. The molecule has 0 aliphatic rings. The first-order chi connectivity index (χ1) is 7.50. The van der Waals surface area contributed by atoms with E-state index < -0.39 is 34.8 Å². The minimum absolute atomic E-state index is 0.126. The SMILES string of the molecule is N#CCCNc1c(F)c(F)c(F)c(F)c1F. The van der Waals surface area contributed by atoms with Gasteiger partial charge in [0.15, 0.2) is 23.3 Å². The molecule has 1 aromatic rings. The van der Waals surface area contributed by atoms with Crippen LogP contribution in [0.25, 0.3) is 0 Å². The fraction of sp³-hybridized carbons (Fsp3) is 0.222. The number of nitrogens with zero attached hydrogens (tertiary/aromatic N) is 1. The van der Waals surface area contributed by atoms with Crippen LogP contribution in [0, 0.1) is 40.4 Å². The molecule has 0 unspecified atom stereocenters. The minimum Gasteiger partial charge on any atom is -0.379 e. The van der Waals surface area contributed by atoms with Crippen molar-refractivity contribution in [3.8, 4) is 6.07 Å². The van der Waals surface area contributed by atoms with Gasteiger partial charge in [0.05, 0.1) is 12.5 Å². The average molecular weight is 236 g/mol. The van der Waals surface area contributed by atoms with E-state index in [1.165, 1.54) is 0 Å². The third kappa shape index (κ3) is 2.05. The molecular weight excluding hydrogens is 231 g/mol. The van der Waals surface area contributed by atoms with Gasteiger partial charge < -0.3 is 5.32 Å². The van der Waals surface area contributed by atoms with Gasteiger partial charge in [0.2, 0.25) is 5.82 Å². The van der Waals surface area contributed by atoms with E-state index in [0.29, 0.717) is 0 Å². The third-order valence-electron chi connectivity index (χ3n) is 1.75. The second-order valence-electron chi connectivity index (χ2n) is 2.78. The Morgan fingerprint density at radius 1 is 0.875 bits per heavy atom. The highest BCUT2D eigenvalue weighted by Gasteiger charge is 2.25. The molecule has 0 bridgehead atoms. The average Bonchev–Trinajstić information content (AvgIpc) is 2.28. The number of halogens is 5. The first-order valence-electron chi connectivity index (χ1n) is 4.13. The molecule has 1 rings (SSSR count). The van der Waals surface area contributed by atoms with E-state index in [2.05, 4.69) is 0 Å². The number of benzene rings is 1. The minimum atomic E-state index is -2.21. The highest BCUT2D eigenvalue weighted by molar-refractivity contribution is 5.47. The summed E-state index contributed by atoms with van der Waals surface area (Å²) in [6, 6.07) is 1.65. The lowest BCUT2D eigenvalue weighted by molar-refractivity contribution is 0.381. The summed E-state index contributed by atoms with van der Waals surface area (Å²) < 4.78 is 63.8. The van der Waals surface area contributed by atoms with Crippen LogP contribution in [-0.4, -0.2) is 6.54 Å². The zero-order chi connectivity index (χ0) is 12.3. The van der Waals surface area contributed by atoms with E-state index in [1.807, 2.05) is 5.32 Å². The van der Waals surface area contributed by atoms with Crippen molar-refractivity contribution >= 4 is 5.69 Å². The van der Waals surface area contributed by atoms with E-state index in [9.17, 15) is 22.0 Å². The van der Waals surface area contributed by atoms with Gasteiger partial charge >= 0.3 is 0 Å². The van der Waals surface area contributed by atoms with Crippen molar-refractivity contribution < 1.29 is 22.0 Å². The van der Waals surface area contributed by atoms with Crippen LogP contribution in [0.2, 0.25) is 0 Å². The van der Waals surface area contributed by atoms with Crippen LogP contribution < -0.4 is 5.32 Å². The van der Waals surface area contributed by atoms with Gasteiger partial charge in [-0.2, -0.15) is 5.26 Å². The maximum absolute atomic E-state index is 13.0. The van der Waals surface area contributed by atoms with Crippen molar-refractivity contribution in [3.05, 3.63) is 29.1 Å². The molecule has 0 heterocycles. The molecule has 0 aliphatic heterocycles. The van der Waals surface area contributed by atoms with Crippen LogP contribution in [0.4, 0.5) is 27.6 Å². The number of hydrogen-bond donors (Lipinski definition) is 1. The Bertz CT molecular complexity index is 423.